The van der Waals surface area contributed by atoms with Crippen LogP contribution in [0.1, 0.15) is 0 Å². The molecular weight excluding hydrogens is 506 g/mol. The van der Waals surface area contributed by atoms with E-state index in [4.69, 9.17) is 4.42 Å². The van der Waals surface area contributed by atoms with Crippen molar-refractivity contribution in [3.05, 3.63) is 68.5 Å². The molecule has 0 bridgehead atoms. The molecule has 2 heterocycles. The zero-order valence-corrected chi connectivity index (χ0v) is 18.7. The number of halogens is 1. The molecule has 0 saturated heterocycles. The zero-order chi connectivity index (χ0) is 21.8. The second kappa shape index (κ2) is 9.37. The summed E-state index contributed by atoms with van der Waals surface area (Å²) in [7, 11) is 0. The van der Waals surface area contributed by atoms with Gasteiger partial charge in [0.2, 0.25) is 11.8 Å². The van der Waals surface area contributed by atoms with Gasteiger partial charge in [-0.05, 0) is 24.3 Å². The van der Waals surface area contributed by atoms with Gasteiger partial charge in [-0.15, -0.1) is 21.5 Å². The molecule has 0 radical (unpaired) electrons. The van der Waals surface area contributed by atoms with Crippen LogP contribution in [0, 0.1) is 10.1 Å². The molecule has 0 spiro atoms. The molecule has 0 saturated carbocycles. The first-order valence-electron chi connectivity index (χ1n) is 8.70. The second-order valence-electron chi connectivity index (χ2n) is 6.06. The Hall–Kier alpha value is -3.09. The van der Waals surface area contributed by atoms with E-state index in [0.717, 1.165) is 27.5 Å². The minimum absolute atomic E-state index is 0.0278. The maximum atomic E-state index is 12.2. The molecule has 2 aromatic carbocycles. The number of carbonyl (C=O) groups excluding carboxylic acids is 1. The van der Waals surface area contributed by atoms with Gasteiger partial charge >= 0.3 is 0 Å². The molecule has 4 rings (SSSR count). The van der Waals surface area contributed by atoms with Crippen LogP contribution in [-0.2, 0) is 4.79 Å². The van der Waals surface area contributed by atoms with Crippen LogP contribution in [0.25, 0.3) is 22.7 Å². The minimum Gasteiger partial charge on any atom is -0.411 e. The molecule has 12 heteroatoms. The Balaban J connectivity index is 1.32. The van der Waals surface area contributed by atoms with E-state index in [9.17, 15) is 14.9 Å². The van der Waals surface area contributed by atoms with Gasteiger partial charge in [-0.1, -0.05) is 39.8 Å². The third-order valence-electron chi connectivity index (χ3n) is 3.95. The molecule has 156 valence electrons. The largest absolute Gasteiger partial charge is 0.411 e. The smallest absolute Gasteiger partial charge is 0.277 e. The number of aromatic nitrogens is 3. The number of non-ortho nitro benzene ring substituents is 1. The van der Waals surface area contributed by atoms with Crippen LogP contribution in [0.3, 0.4) is 0 Å². The summed E-state index contributed by atoms with van der Waals surface area (Å²) >= 11 is 5.82. The van der Waals surface area contributed by atoms with Gasteiger partial charge in [0, 0.05) is 33.1 Å². The summed E-state index contributed by atoms with van der Waals surface area (Å²) in [6, 6.07) is 13.5. The van der Waals surface area contributed by atoms with Gasteiger partial charge in [0.15, 0.2) is 5.13 Å². The maximum absolute atomic E-state index is 12.2. The maximum Gasteiger partial charge on any atom is 0.277 e. The highest BCUT2D eigenvalue weighted by Gasteiger charge is 2.14. The molecule has 0 aliphatic rings. The van der Waals surface area contributed by atoms with Crippen molar-refractivity contribution < 1.29 is 14.1 Å². The summed E-state index contributed by atoms with van der Waals surface area (Å²) in [5.74, 6) is 0.0309. The fourth-order valence-corrected chi connectivity index (χ4v) is 4.04. The quantitative estimate of drug-likeness (QED) is 0.200. The third kappa shape index (κ3) is 5.34. The molecule has 9 nitrogen and oxygen atoms in total. The molecule has 2 aromatic heterocycles. The van der Waals surface area contributed by atoms with Crippen molar-refractivity contribution in [2.45, 2.75) is 5.22 Å². The number of nitrogens with one attached hydrogen (secondary N) is 1. The lowest BCUT2D eigenvalue weighted by molar-refractivity contribution is -0.384. The number of rotatable bonds is 7. The Morgan fingerprint density at radius 3 is 2.55 bits per heavy atom. The van der Waals surface area contributed by atoms with Crippen LogP contribution in [0.2, 0.25) is 0 Å². The number of nitrogens with zero attached hydrogens (tertiary/aromatic N) is 4. The SMILES string of the molecule is O=C(CSc1nnc(-c2ccc([N+](=O)[O-])cc2)o1)Nc1nc(-c2ccc(Br)cc2)cs1. The van der Waals surface area contributed by atoms with Crippen molar-refractivity contribution in [3.8, 4) is 22.7 Å². The van der Waals surface area contributed by atoms with Crippen molar-refractivity contribution in [1.29, 1.82) is 0 Å². The number of hydrogen-bond acceptors (Lipinski definition) is 9. The summed E-state index contributed by atoms with van der Waals surface area (Å²) in [6.45, 7) is 0. The summed E-state index contributed by atoms with van der Waals surface area (Å²) in [6.07, 6.45) is 0. The van der Waals surface area contributed by atoms with Crippen molar-refractivity contribution in [3.63, 3.8) is 0 Å². The standard InChI is InChI=1S/C19H12BrN5O4S2/c20-13-5-1-11(2-6-13)15-9-30-18(21-15)22-16(26)10-31-19-24-23-17(29-19)12-3-7-14(8-4-12)25(27)28/h1-9H,10H2,(H,21,22,26). The summed E-state index contributed by atoms with van der Waals surface area (Å²) in [5.41, 5.74) is 2.27. The Bertz CT molecular complexity index is 1220. The van der Waals surface area contributed by atoms with E-state index in [0.29, 0.717) is 10.7 Å². The minimum atomic E-state index is -0.484. The van der Waals surface area contributed by atoms with Gasteiger partial charge in [0.1, 0.15) is 0 Å². The van der Waals surface area contributed by atoms with Gasteiger partial charge < -0.3 is 9.73 Å². The topological polar surface area (TPSA) is 124 Å². The Kier molecular flexibility index (Phi) is 6.39. The first-order valence-corrected chi connectivity index (χ1v) is 11.4. The van der Waals surface area contributed by atoms with Crippen molar-refractivity contribution >= 4 is 55.8 Å². The van der Waals surface area contributed by atoms with Gasteiger partial charge in [-0.3, -0.25) is 14.9 Å². The molecule has 0 aliphatic heterocycles. The Labute approximate surface area is 192 Å². The Morgan fingerprint density at radius 1 is 1.13 bits per heavy atom. The van der Waals surface area contributed by atoms with E-state index in [2.05, 4.69) is 36.4 Å². The van der Waals surface area contributed by atoms with Gasteiger partial charge in [-0.2, -0.15) is 0 Å². The highest BCUT2D eigenvalue weighted by atomic mass is 79.9. The fourth-order valence-electron chi connectivity index (χ4n) is 2.48. The third-order valence-corrected chi connectivity index (χ3v) is 6.05. The van der Waals surface area contributed by atoms with Gasteiger partial charge in [-0.25, -0.2) is 4.98 Å². The highest BCUT2D eigenvalue weighted by Crippen LogP contribution is 2.27. The van der Waals surface area contributed by atoms with E-state index < -0.39 is 4.92 Å². The summed E-state index contributed by atoms with van der Waals surface area (Å²) in [5, 5.41) is 23.9. The van der Waals surface area contributed by atoms with Crippen molar-refractivity contribution in [1.82, 2.24) is 15.2 Å². The molecule has 1 amide bonds. The first kappa shape index (κ1) is 21.2. The van der Waals surface area contributed by atoms with Crippen LogP contribution in [0.15, 0.2) is 68.0 Å². The summed E-state index contributed by atoms with van der Waals surface area (Å²) < 4.78 is 6.50. The molecule has 0 aliphatic carbocycles. The number of benzene rings is 2. The average molecular weight is 518 g/mol. The number of thiazole rings is 1. The number of thioether (sulfide) groups is 1. The molecule has 31 heavy (non-hydrogen) atoms. The second-order valence-corrected chi connectivity index (χ2v) is 8.76. The monoisotopic (exact) mass is 517 g/mol. The van der Waals surface area contributed by atoms with Crippen LogP contribution in [-0.4, -0.2) is 31.8 Å². The van der Waals surface area contributed by atoms with Gasteiger partial charge in [0.25, 0.3) is 10.9 Å². The predicted octanol–water partition coefficient (Wildman–Crippen LogP) is 5.26. The molecule has 1 N–H and O–H groups in total. The molecular formula is C19H12BrN5O4S2. The number of hydrogen-bond donors (Lipinski definition) is 1. The number of anilines is 1. The van der Waals surface area contributed by atoms with E-state index in [-0.39, 0.29) is 28.5 Å². The zero-order valence-electron chi connectivity index (χ0n) is 15.5. The summed E-state index contributed by atoms with van der Waals surface area (Å²) in [4.78, 5) is 26.9. The van der Waals surface area contributed by atoms with Crippen molar-refractivity contribution in [2.75, 3.05) is 11.1 Å². The number of nitro benzene ring substituents is 1. The average Bonchev–Trinajstić information content (AvgIpc) is 3.43. The fraction of sp³-hybridized carbons (Fsp3) is 0.0526. The highest BCUT2D eigenvalue weighted by molar-refractivity contribution is 9.10. The van der Waals surface area contributed by atoms with Gasteiger partial charge in [0.05, 0.1) is 16.4 Å². The molecule has 4 aromatic rings. The lowest BCUT2D eigenvalue weighted by Crippen LogP contribution is -2.13. The molecule has 0 fully saturated rings. The van der Waals surface area contributed by atoms with E-state index in [1.165, 1.54) is 35.6 Å². The lowest BCUT2D eigenvalue weighted by atomic mass is 10.2. The van der Waals surface area contributed by atoms with Crippen LogP contribution < -0.4 is 5.32 Å². The first-order chi connectivity index (χ1) is 15.0. The lowest BCUT2D eigenvalue weighted by Gasteiger charge is -2.00. The number of nitro groups is 1. The van der Waals surface area contributed by atoms with Crippen LogP contribution in [0.4, 0.5) is 10.8 Å². The number of amides is 1. The molecule has 0 atom stereocenters. The number of carbonyl (C=O) groups is 1. The van der Waals surface area contributed by atoms with E-state index in [1.54, 1.807) is 0 Å². The molecule has 0 unspecified atom stereocenters. The van der Waals surface area contributed by atoms with Crippen LogP contribution >= 0.6 is 39.0 Å². The predicted molar refractivity (Wildman–Crippen MR) is 121 cm³/mol. The van der Waals surface area contributed by atoms with Crippen molar-refractivity contribution in [2.24, 2.45) is 0 Å². The Morgan fingerprint density at radius 2 is 1.84 bits per heavy atom. The van der Waals surface area contributed by atoms with E-state index in [1.807, 2.05) is 29.6 Å². The van der Waals surface area contributed by atoms with Crippen LogP contribution in [0.5, 0.6) is 0 Å². The van der Waals surface area contributed by atoms with E-state index >= 15 is 0 Å². The normalized spacial score (nSPS) is 10.7.